The number of nitrogens with one attached hydrogen (secondary N) is 1. The molecule has 0 saturated heterocycles. The molecule has 0 spiro atoms. The Morgan fingerprint density at radius 3 is 2.78 bits per heavy atom. The average molecular weight is 270 g/mol. The average Bonchev–Trinajstić information content (AvgIpc) is 2.35. The molecule has 0 aromatic heterocycles. The lowest BCUT2D eigenvalue weighted by atomic mass is 10.1. The molecule has 0 aliphatic carbocycles. The Bertz CT molecular complexity index is 393. The molecular weight excluding hydrogens is 250 g/mol. The zero-order valence-electron chi connectivity index (χ0n) is 11.1. The predicted octanol–water partition coefficient (Wildman–Crippen LogP) is 3.08. The van der Waals surface area contributed by atoms with Crippen LogP contribution in [0.4, 0.5) is 0 Å². The Kier molecular flexibility index (Phi) is 5.99. The number of carbonyl (C=O) groups is 1. The second kappa shape index (κ2) is 7.27. The van der Waals surface area contributed by atoms with E-state index in [0.29, 0.717) is 23.8 Å². The van der Waals surface area contributed by atoms with Gasteiger partial charge in [-0.15, -0.1) is 11.6 Å². The minimum Gasteiger partial charge on any atom is -0.497 e. The Morgan fingerprint density at radius 2 is 2.17 bits per heavy atom. The fourth-order valence-corrected chi connectivity index (χ4v) is 2.10. The summed E-state index contributed by atoms with van der Waals surface area (Å²) in [5.74, 6) is 1.08. The van der Waals surface area contributed by atoms with E-state index in [2.05, 4.69) is 19.2 Å². The highest BCUT2D eigenvalue weighted by Gasteiger charge is 2.11. The van der Waals surface area contributed by atoms with Crippen molar-refractivity contribution in [2.45, 2.75) is 25.6 Å². The zero-order chi connectivity index (χ0) is 13.5. The number of amides is 1. The first-order chi connectivity index (χ1) is 8.52. The molecule has 1 N–H and O–H groups in total. The lowest BCUT2D eigenvalue weighted by Crippen LogP contribution is -2.30. The summed E-state index contributed by atoms with van der Waals surface area (Å²) in [7, 11) is 1.58. The fraction of sp³-hybridized carbons (Fsp3) is 0.500. The monoisotopic (exact) mass is 269 g/mol. The lowest BCUT2D eigenvalue weighted by molar-refractivity contribution is 0.0952. The van der Waals surface area contributed by atoms with Crippen LogP contribution in [0.15, 0.2) is 24.3 Å². The van der Waals surface area contributed by atoms with E-state index >= 15 is 0 Å². The highest BCUT2D eigenvalue weighted by molar-refractivity contribution is 6.20. The van der Waals surface area contributed by atoms with E-state index < -0.39 is 0 Å². The Hall–Kier alpha value is -1.22. The molecule has 1 aromatic rings. The van der Waals surface area contributed by atoms with Crippen LogP contribution in [0.25, 0.3) is 0 Å². The number of methoxy groups -OCH3 is 1. The molecular formula is C14H20ClNO2. The van der Waals surface area contributed by atoms with Crippen molar-refractivity contribution < 1.29 is 9.53 Å². The number of ether oxygens (including phenoxy) is 1. The van der Waals surface area contributed by atoms with E-state index in [9.17, 15) is 4.79 Å². The molecule has 1 aromatic carbocycles. The van der Waals surface area contributed by atoms with Crippen LogP contribution >= 0.6 is 11.6 Å². The van der Waals surface area contributed by atoms with Crippen LogP contribution in [0.5, 0.6) is 5.75 Å². The van der Waals surface area contributed by atoms with Crippen molar-refractivity contribution in [3.05, 3.63) is 29.8 Å². The second-order valence-corrected chi connectivity index (χ2v) is 5.29. The van der Waals surface area contributed by atoms with E-state index in [4.69, 9.17) is 16.3 Å². The molecule has 1 rings (SSSR count). The van der Waals surface area contributed by atoms with Crippen molar-refractivity contribution in [2.75, 3.05) is 13.7 Å². The summed E-state index contributed by atoms with van der Waals surface area (Å²) in [6.07, 6.45) is 0.889. The van der Waals surface area contributed by atoms with Crippen LogP contribution in [0.2, 0.25) is 0 Å². The maximum absolute atomic E-state index is 11.9. The zero-order valence-corrected chi connectivity index (χ0v) is 11.8. The number of alkyl halides is 1. The molecule has 3 nitrogen and oxygen atoms in total. The molecule has 1 amide bonds. The Morgan fingerprint density at radius 1 is 1.44 bits per heavy atom. The first-order valence-electron chi connectivity index (χ1n) is 6.09. The summed E-state index contributed by atoms with van der Waals surface area (Å²) in [6, 6.07) is 7.06. The first kappa shape index (κ1) is 14.8. The van der Waals surface area contributed by atoms with Gasteiger partial charge in [-0.25, -0.2) is 0 Å². The molecule has 1 unspecified atom stereocenters. The van der Waals surface area contributed by atoms with E-state index in [-0.39, 0.29) is 11.3 Å². The number of halogens is 1. The van der Waals surface area contributed by atoms with Gasteiger partial charge in [-0.1, -0.05) is 19.9 Å². The smallest absolute Gasteiger partial charge is 0.251 e. The maximum Gasteiger partial charge on any atom is 0.251 e. The summed E-state index contributed by atoms with van der Waals surface area (Å²) in [6.45, 7) is 4.70. The van der Waals surface area contributed by atoms with Gasteiger partial charge in [0.05, 0.1) is 12.5 Å². The van der Waals surface area contributed by atoms with Crippen LogP contribution in [0, 0.1) is 5.92 Å². The van der Waals surface area contributed by atoms with Gasteiger partial charge in [0.15, 0.2) is 0 Å². The number of hydrogen-bond acceptors (Lipinski definition) is 2. The molecule has 1 atom stereocenters. The van der Waals surface area contributed by atoms with Gasteiger partial charge >= 0.3 is 0 Å². The third-order valence-electron chi connectivity index (χ3n) is 2.54. The van der Waals surface area contributed by atoms with Crippen LogP contribution < -0.4 is 10.1 Å². The summed E-state index contributed by atoms with van der Waals surface area (Å²) in [5.41, 5.74) is 0.586. The maximum atomic E-state index is 11.9. The van der Waals surface area contributed by atoms with Crippen LogP contribution in [0.1, 0.15) is 30.6 Å². The molecule has 0 bridgehead atoms. The summed E-state index contributed by atoms with van der Waals surface area (Å²) >= 11 is 6.13. The van der Waals surface area contributed by atoms with Crippen LogP contribution in [-0.2, 0) is 0 Å². The molecule has 0 aliphatic rings. The fourth-order valence-electron chi connectivity index (χ4n) is 1.66. The van der Waals surface area contributed by atoms with Gasteiger partial charge in [0.2, 0.25) is 0 Å². The molecule has 0 radical (unpaired) electrons. The van der Waals surface area contributed by atoms with Gasteiger partial charge in [0.1, 0.15) is 5.75 Å². The third-order valence-corrected chi connectivity index (χ3v) is 2.88. The highest BCUT2D eigenvalue weighted by Crippen LogP contribution is 2.13. The topological polar surface area (TPSA) is 38.3 Å². The molecule has 18 heavy (non-hydrogen) atoms. The molecule has 100 valence electrons. The molecule has 4 heteroatoms. The van der Waals surface area contributed by atoms with Crippen molar-refractivity contribution in [2.24, 2.45) is 5.92 Å². The normalized spacial score (nSPS) is 12.3. The summed E-state index contributed by atoms with van der Waals surface area (Å²) in [4.78, 5) is 11.9. The summed E-state index contributed by atoms with van der Waals surface area (Å²) < 4.78 is 5.08. The van der Waals surface area contributed by atoms with Crippen molar-refractivity contribution in [3.8, 4) is 5.75 Å². The van der Waals surface area contributed by atoms with E-state index in [1.807, 2.05) is 0 Å². The van der Waals surface area contributed by atoms with Crippen LogP contribution in [0.3, 0.4) is 0 Å². The van der Waals surface area contributed by atoms with Crippen molar-refractivity contribution >= 4 is 17.5 Å². The Balaban J connectivity index is 2.49. The van der Waals surface area contributed by atoms with Crippen LogP contribution in [-0.4, -0.2) is 24.9 Å². The predicted molar refractivity (Wildman–Crippen MR) is 74.4 cm³/mol. The first-order valence-corrected chi connectivity index (χ1v) is 6.53. The molecule has 0 aliphatic heterocycles. The van der Waals surface area contributed by atoms with Gasteiger partial charge in [-0.3, -0.25) is 4.79 Å². The van der Waals surface area contributed by atoms with Gasteiger partial charge in [0, 0.05) is 12.1 Å². The highest BCUT2D eigenvalue weighted by atomic mass is 35.5. The summed E-state index contributed by atoms with van der Waals surface area (Å²) in [5, 5.41) is 2.80. The number of carbonyl (C=O) groups excluding carboxylic acids is 1. The van der Waals surface area contributed by atoms with Gasteiger partial charge in [-0.05, 0) is 30.5 Å². The minimum atomic E-state index is -0.122. The SMILES string of the molecule is COc1cccc(C(=O)NCC(Cl)CC(C)C)c1. The molecule has 0 heterocycles. The van der Waals surface area contributed by atoms with Gasteiger partial charge in [0.25, 0.3) is 5.91 Å². The number of rotatable bonds is 6. The van der Waals surface area contributed by atoms with E-state index in [0.717, 1.165) is 6.42 Å². The van der Waals surface area contributed by atoms with Gasteiger partial charge < -0.3 is 10.1 Å². The number of benzene rings is 1. The lowest BCUT2D eigenvalue weighted by Gasteiger charge is -2.13. The quantitative estimate of drug-likeness (QED) is 0.806. The standard InChI is InChI=1S/C14H20ClNO2/c1-10(2)7-12(15)9-16-14(17)11-5-4-6-13(8-11)18-3/h4-6,8,10,12H,7,9H2,1-3H3,(H,16,17). The van der Waals surface area contributed by atoms with Gasteiger partial charge in [-0.2, -0.15) is 0 Å². The minimum absolute atomic E-state index is 0.0282. The van der Waals surface area contributed by atoms with E-state index in [1.54, 1.807) is 31.4 Å². The second-order valence-electron chi connectivity index (χ2n) is 4.67. The number of hydrogen-bond donors (Lipinski definition) is 1. The van der Waals surface area contributed by atoms with Crippen molar-refractivity contribution in [3.63, 3.8) is 0 Å². The molecule has 0 fully saturated rings. The Labute approximate surface area is 113 Å². The van der Waals surface area contributed by atoms with Crippen molar-refractivity contribution in [1.29, 1.82) is 0 Å². The molecule has 0 saturated carbocycles. The van der Waals surface area contributed by atoms with Crippen molar-refractivity contribution in [1.82, 2.24) is 5.32 Å². The van der Waals surface area contributed by atoms with E-state index in [1.165, 1.54) is 0 Å². The third kappa shape index (κ3) is 4.96. The largest absolute Gasteiger partial charge is 0.497 e.